The van der Waals surface area contributed by atoms with Crippen LogP contribution in [0.2, 0.25) is 0 Å². The Morgan fingerprint density at radius 1 is 1.38 bits per heavy atom. The van der Waals surface area contributed by atoms with Crippen molar-refractivity contribution in [1.82, 2.24) is 15.1 Å². The number of para-hydroxylation sites is 1. The van der Waals surface area contributed by atoms with Crippen LogP contribution in [0.25, 0.3) is 5.69 Å². The molecular formula is C16H22N4O. The maximum Gasteiger partial charge on any atom is 0.237 e. The van der Waals surface area contributed by atoms with Gasteiger partial charge in [0.25, 0.3) is 0 Å². The molecule has 0 bridgehead atoms. The predicted molar refractivity (Wildman–Crippen MR) is 82.8 cm³/mol. The molecular weight excluding hydrogens is 264 g/mol. The first-order valence-electron chi connectivity index (χ1n) is 7.24. The first-order valence-corrected chi connectivity index (χ1v) is 7.24. The van der Waals surface area contributed by atoms with Crippen molar-refractivity contribution in [2.75, 3.05) is 0 Å². The molecule has 1 heterocycles. The van der Waals surface area contributed by atoms with Crippen LogP contribution in [0.15, 0.2) is 42.7 Å². The second kappa shape index (κ2) is 7.04. The summed E-state index contributed by atoms with van der Waals surface area (Å²) in [7, 11) is 0. The van der Waals surface area contributed by atoms with Crippen LogP contribution in [0.5, 0.6) is 0 Å². The predicted octanol–water partition coefficient (Wildman–Crippen LogP) is 1.86. The number of aromatic nitrogens is 2. The van der Waals surface area contributed by atoms with E-state index >= 15 is 0 Å². The van der Waals surface area contributed by atoms with E-state index in [9.17, 15) is 4.79 Å². The molecule has 21 heavy (non-hydrogen) atoms. The fourth-order valence-electron chi connectivity index (χ4n) is 1.99. The van der Waals surface area contributed by atoms with Crippen molar-refractivity contribution in [1.29, 1.82) is 0 Å². The lowest BCUT2D eigenvalue weighted by Crippen LogP contribution is -2.44. The highest BCUT2D eigenvalue weighted by Gasteiger charge is 2.18. The molecule has 0 aliphatic rings. The minimum Gasteiger partial charge on any atom is -0.351 e. The van der Waals surface area contributed by atoms with Gasteiger partial charge in [0.15, 0.2) is 0 Å². The molecule has 3 N–H and O–H groups in total. The van der Waals surface area contributed by atoms with Crippen LogP contribution in [-0.2, 0) is 11.3 Å². The summed E-state index contributed by atoms with van der Waals surface area (Å²) in [5, 5.41) is 7.16. The van der Waals surface area contributed by atoms with Gasteiger partial charge in [-0.25, -0.2) is 4.68 Å². The van der Waals surface area contributed by atoms with Crippen LogP contribution in [0.4, 0.5) is 0 Å². The van der Waals surface area contributed by atoms with Crippen molar-refractivity contribution >= 4 is 5.91 Å². The molecule has 0 aliphatic carbocycles. The van der Waals surface area contributed by atoms with Crippen LogP contribution >= 0.6 is 0 Å². The molecule has 0 aliphatic heterocycles. The normalized spacial score (nSPS) is 13.7. The second-order valence-electron chi connectivity index (χ2n) is 5.26. The fraction of sp³-hybridized carbons (Fsp3) is 0.375. The summed E-state index contributed by atoms with van der Waals surface area (Å²) in [6.07, 6.45) is 4.55. The number of amides is 1. The number of nitrogens with one attached hydrogen (secondary N) is 1. The van der Waals surface area contributed by atoms with E-state index in [1.807, 2.05) is 50.4 Å². The fourth-order valence-corrected chi connectivity index (χ4v) is 1.99. The van der Waals surface area contributed by atoms with Gasteiger partial charge in [-0.05, 0) is 18.1 Å². The van der Waals surface area contributed by atoms with Crippen molar-refractivity contribution in [3.05, 3.63) is 48.3 Å². The van der Waals surface area contributed by atoms with Gasteiger partial charge in [0, 0.05) is 18.3 Å². The van der Waals surface area contributed by atoms with Crippen molar-refractivity contribution in [2.45, 2.75) is 32.9 Å². The van der Waals surface area contributed by atoms with Gasteiger partial charge in [-0.15, -0.1) is 0 Å². The summed E-state index contributed by atoms with van der Waals surface area (Å²) in [6, 6.07) is 9.39. The topological polar surface area (TPSA) is 72.9 Å². The van der Waals surface area contributed by atoms with Gasteiger partial charge in [-0.1, -0.05) is 38.5 Å². The van der Waals surface area contributed by atoms with E-state index in [-0.39, 0.29) is 11.8 Å². The average Bonchev–Trinajstić information content (AvgIpc) is 3.01. The van der Waals surface area contributed by atoms with Crippen molar-refractivity contribution in [3.63, 3.8) is 0 Å². The van der Waals surface area contributed by atoms with Crippen LogP contribution in [0, 0.1) is 5.92 Å². The molecule has 0 spiro atoms. The number of nitrogens with two attached hydrogens (primary N) is 1. The van der Waals surface area contributed by atoms with E-state index in [1.165, 1.54) is 0 Å². The minimum atomic E-state index is -0.459. The molecule has 0 radical (unpaired) electrons. The largest absolute Gasteiger partial charge is 0.351 e. The lowest BCUT2D eigenvalue weighted by atomic mass is 9.99. The summed E-state index contributed by atoms with van der Waals surface area (Å²) in [5.74, 6) is 0.0638. The van der Waals surface area contributed by atoms with Gasteiger partial charge in [-0.3, -0.25) is 4.79 Å². The molecule has 112 valence electrons. The van der Waals surface area contributed by atoms with Gasteiger partial charge in [0.2, 0.25) is 5.91 Å². The van der Waals surface area contributed by atoms with Gasteiger partial charge < -0.3 is 11.1 Å². The van der Waals surface area contributed by atoms with Crippen molar-refractivity contribution < 1.29 is 4.79 Å². The third kappa shape index (κ3) is 3.92. The Labute approximate surface area is 125 Å². The minimum absolute atomic E-state index is 0.114. The summed E-state index contributed by atoms with van der Waals surface area (Å²) in [6.45, 7) is 4.45. The Hall–Kier alpha value is -2.14. The van der Waals surface area contributed by atoms with Gasteiger partial charge in [0.1, 0.15) is 0 Å². The Bertz CT molecular complexity index is 579. The van der Waals surface area contributed by atoms with E-state index in [2.05, 4.69) is 10.4 Å². The van der Waals surface area contributed by atoms with Gasteiger partial charge in [-0.2, -0.15) is 5.10 Å². The molecule has 0 saturated heterocycles. The van der Waals surface area contributed by atoms with E-state index in [4.69, 9.17) is 5.73 Å². The highest BCUT2D eigenvalue weighted by Crippen LogP contribution is 2.08. The maximum atomic E-state index is 11.9. The van der Waals surface area contributed by atoms with E-state index < -0.39 is 6.04 Å². The second-order valence-corrected chi connectivity index (χ2v) is 5.26. The Morgan fingerprint density at radius 2 is 2.10 bits per heavy atom. The lowest BCUT2D eigenvalue weighted by Gasteiger charge is -2.17. The molecule has 2 aromatic rings. The number of benzene rings is 1. The summed E-state index contributed by atoms with van der Waals surface area (Å²) in [5.41, 5.74) is 7.84. The molecule has 0 fully saturated rings. The standard InChI is InChI=1S/C16H22N4O/c1-3-12(2)15(17)16(21)18-9-13-10-19-20(11-13)14-7-5-4-6-8-14/h4-8,10-12,15H,3,9,17H2,1-2H3,(H,18,21). The molecule has 1 aromatic carbocycles. The van der Waals surface area contributed by atoms with E-state index in [0.29, 0.717) is 6.54 Å². The van der Waals surface area contributed by atoms with Gasteiger partial charge >= 0.3 is 0 Å². The number of hydrogen-bond acceptors (Lipinski definition) is 3. The molecule has 2 atom stereocenters. The SMILES string of the molecule is CCC(C)C(N)C(=O)NCc1cnn(-c2ccccc2)c1. The van der Waals surface area contributed by atoms with Gasteiger partial charge in [0.05, 0.1) is 17.9 Å². The van der Waals surface area contributed by atoms with Crippen LogP contribution < -0.4 is 11.1 Å². The number of hydrogen-bond donors (Lipinski definition) is 2. The molecule has 2 unspecified atom stereocenters. The Kier molecular flexibility index (Phi) is 5.11. The zero-order valence-electron chi connectivity index (χ0n) is 12.5. The molecule has 0 saturated carbocycles. The van der Waals surface area contributed by atoms with Crippen LogP contribution in [0.3, 0.4) is 0 Å². The number of rotatable bonds is 6. The van der Waals surface area contributed by atoms with E-state index in [0.717, 1.165) is 17.7 Å². The lowest BCUT2D eigenvalue weighted by molar-refractivity contribution is -0.123. The zero-order valence-corrected chi connectivity index (χ0v) is 12.5. The maximum absolute atomic E-state index is 11.9. The molecule has 2 rings (SSSR count). The number of carbonyl (C=O) groups excluding carboxylic acids is 1. The molecule has 1 amide bonds. The van der Waals surface area contributed by atoms with E-state index in [1.54, 1.807) is 10.9 Å². The number of nitrogens with zero attached hydrogens (tertiary/aromatic N) is 2. The molecule has 5 heteroatoms. The molecule has 5 nitrogen and oxygen atoms in total. The smallest absolute Gasteiger partial charge is 0.237 e. The first-order chi connectivity index (χ1) is 10.1. The van der Waals surface area contributed by atoms with Crippen molar-refractivity contribution in [3.8, 4) is 5.69 Å². The van der Waals surface area contributed by atoms with Crippen molar-refractivity contribution in [2.24, 2.45) is 11.7 Å². The third-order valence-corrected chi connectivity index (χ3v) is 3.68. The number of carbonyl (C=O) groups is 1. The monoisotopic (exact) mass is 286 g/mol. The van der Waals surface area contributed by atoms with Crippen LogP contribution in [0.1, 0.15) is 25.8 Å². The summed E-state index contributed by atoms with van der Waals surface area (Å²) >= 11 is 0. The molecule has 1 aromatic heterocycles. The summed E-state index contributed by atoms with van der Waals surface area (Å²) < 4.78 is 1.79. The van der Waals surface area contributed by atoms with Crippen LogP contribution in [-0.4, -0.2) is 21.7 Å². The highest BCUT2D eigenvalue weighted by molar-refractivity contribution is 5.81. The first kappa shape index (κ1) is 15.3. The summed E-state index contributed by atoms with van der Waals surface area (Å²) in [4.78, 5) is 11.9. The quantitative estimate of drug-likeness (QED) is 0.851. The average molecular weight is 286 g/mol. The third-order valence-electron chi connectivity index (χ3n) is 3.68. The highest BCUT2D eigenvalue weighted by atomic mass is 16.2. The Balaban J connectivity index is 1.93. The Morgan fingerprint density at radius 3 is 2.76 bits per heavy atom. The zero-order chi connectivity index (χ0) is 15.2.